The summed E-state index contributed by atoms with van der Waals surface area (Å²) in [6.45, 7) is 10.3. The molecule has 2 atom stereocenters. The molecule has 0 amide bonds. The number of allylic oxidation sites excluding steroid dienone is 5. The third kappa shape index (κ3) is 7.16. The summed E-state index contributed by atoms with van der Waals surface area (Å²) >= 11 is 0. The first-order valence-corrected chi connectivity index (χ1v) is 17.8. The van der Waals surface area contributed by atoms with Crippen molar-refractivity contribution >= 4 is 43.6 Å². The van der Waals surface area contributed by atoms with Crippen molar-refractivity contribution in [1.29, 1.82) is 0 Å². The lowest BCUT2D eigenvalue weighted by atomic mass is 9.94. The monoisotopic (exact) mass is 672 g/mol. The van der Waals surface area contributed by atoms with Gasteiger partial charge in [-0.25, -0.2) is 5.43 Å². The minimum Gasteiger partial charge on any atom is -0.311 e. The first-order chi connectivity index (χ1) is 25.1. The number of hydrogen-bond donors (Lipinski definition) is 4. The Hall–Kier alpha value is -5.66. The van der Waals surface area contributed by atoms with E-state index in [9.17, 15) is 0 Å². The predicted molar refractivity (Wildman–Crippen MR) is 219 cm³/mol. The Morgan fingerprint density at radius 2 is 1.35 bits per heavy atom. The van der Waals surface area contributed by atoms with Gasteiger partial charge in [0, 0.05) is 39.4 Å². The fraction of sp³-hybridized carbons (Fsp3) is 0.156. The van der Waals surface area contributed by atoms with E-state index in [0.29, 0.717) is 0 Å². The van der Waals surface area contributed by atoms with Gasteiger partial charge in [0.15, 0.2) is 0 Å². The van der Waals surface area contributed by atoms with Gasteiger partial charge in [0.2, 0.25) is 0 Å². The normalized spacial score (nSPS) is 14.0. The Kier molecular flexibility index (Phi) is 11.3. The highest BCUT2D eigenvalue weighted by atomic mass is 15.4. The minimum absolute atomic E-state index is 0.176. The highest BCUT2D eigenvalue weighted by Crippen LogP contribution is 2.38. The van der Waals surface area contributed by atoms with Gasteiger partial charge in [0.05, 0.1) is 28.2 Å². The molecule has 2 unspecified atom stereocenters. The first kappa shape index (κ1) is 35.2. The summed E-state index contributed by atoms with van der Waals surface area (Å²) < 4.78 is 4.58. The second-order valence-electron chi connectivity index (χ2n) is 12.4. The van der Waals surface area contributed by atoms with Crippen LogP contribution in [0.2, 0.25) is 0 Å². The van der Waals surface area contributed by atoms with Crippen molar-refractivity contribution in [3.8, 4) is 5.69 Å². The van der Waals surface area contributed by atoms with E-state index in [-0.39, 0.29) is 12.1 Å². The quantitative estimate of drug-likeness (QED) is 0.0560. The average Bonchev–Trinajstić information content (AvgIpc) is 3.70. The zero-order chi connectivity index (χ0) is 35.7. The molecule has 0 saturated carbocycles. The maximum absolute atomic E-state index is 5.61. The summed E-state index contributed by atoms with van der Waals surface area (Å²) in [5.74, 6) is 5.38. The van der Waals surface area contributed by atoms with Crippen molar-refractivity contribution in [2.75, 3.05) is 5.43 Å². The SMILES string of the molecule is C=C/C(=C\Nn1c2ccccc2c2cc3c4ccccc4n(-c4ccccc4)c3cc21)C(C)c1ccccc1.CC.NNC(N)C1=CC=CCC1. The molecule has 6 N–H and O–H groups in total. The molecule has 258 valence electrons. The van der Waals surface area contributed by atoms with E-state index in [2.05, 4.69) is 167 Å². The smallest absolute Gasteiger partial charge is 0.0898 e. The summed E-state index contributed by atoms with van der Waals surface area (Å²) in [6, 6.07) is 43.2. The molecule has 0 spiro atoms. The van der Waals surface area contributed by atoms with E-state index in [0.717, 1.165) is 35.1 Å². The average molecular weight is 673 g/mol. The van der Waals surface area contributed by atoms with Gasteiger partial charge in [-0.3, -0.25) is 10.5 Å². The molecule has 7 aromatic rings. The number of hydrazine groups is 1. The van der Waals surface area contributed by atoms with Crippen LogP contribution in [-0.4, -0.2) is 15.4 Å². The number of nitrogens with two attached hydrogens (primary N) is 2. The van der Waals surface area contributed by atoms with Gasteiger partial charge in [0.25, 0.3) is 0 Å². The van der Waals surface area contributed by atoms with Gasteiger partial charge in [-0.2, -0.15) is 0 Å². The number of hydrogen-bond acceptors (Lipinski definition) is 4. The van der Waals surface area contributed by atoms with Crippen LogP contribution in [0.15, 0.2) is 170 Å². The highest BCUT2D eigenvalue weighted by molar-refractivity contribution is 6.18. The third-order valence-corrected chi connectivity index (χ3v) is 9.50. The molecule has 51 heavy (non-hydrogen) atoms. The van der Waals surface area contributed by atoms with Crippen molar-refractivity contribution in [3.63, 3.8) is 0 Å². The Morgan fingerprint density at radius 1 is 0.745 bits per heavy atom. The molecule has 0 radical (unpaired) electrons. The number of nitrogens with zero attached hydrogens (tertiary/aromatic N) is 2. The van der Waals surface area contributed by atoms with Crippen LogP contribution < -0.4 is 22.4 Å². The van der Waals surface area contributed by atoms with Gasteiger partial charge in [-0.1, -0.05) is 137 Å². The molecule has 0 aliphatic heterocycles. The van der Waals surface area contributed by atoms with E-state index in [1.54, 1.807) is 0 Å². The molecule has 1 aliphatic carbocycles. The molecular weight excluding hydrogens is 625 g/mol. The lowest BCUT2D eigenvalue weighted by molar-refractivity contribution is 0.592. The molecule has 5 aromatic carbocycles. The van der Waals surface area contributed by atoms with Gasteiger partial charge in [-0.05, 0) is 65.9 Å². The molecular formula is C45H48N6. The second-order valence-corrected chi connectivity index (χ2v) is 12.4. The standard InChI is InChI=1S/C36H29N3.C7H13N3.C2H6/c1-3-26(25(2)27-14-6-4-7-15-27)24-37-39-34-21-13-11-19-30(34)32-22-31-29-18-10-12-20-33(29)38(35(31)23-36(32)39)28-16-8-5-9-17-28;8-7(10-9)6-4-2-1-3-5-6;1-2/h3-25,37H,1H2,2H3;1-2,4,7,10H,3,5,8-9H2;1-2H3/b26-24+;;. The number of fused-ring (bicyclic) bond motifs is 6. The molecule has 0 saturated heterocycles. The molecule has 2 aromatic heterocycles. The van der Waals surface area contributed by atoms with Gasteiger partial charge < -0.3 is 15.7 Å². The first-order valence-electron chi connectivity index (χ1n) is 17.8. The van der Waals surface area contributed by atoms with Crippen molar-refractivity contribution in [2.24, 2.45) is 11.6 Å². The number of benzene rings is 5. The maximum Gasteiger partial charge on any atom is 0.0898 e. The molecule has 0 bridgehead atoms. The second kappa shape index (κ2) is 16.4. The van der Waals surface area contributed by atoms with Crippen LogP contribution in [0.5, 0.6) is 0 Å². The van der Waals surface area contributed by atoms with E-state index in [1.165, 1.54) is 43.7 Å². The number of para-hydroxylation sites is 3. The predicted octanol–water partition coefficient (Wildman–Crippen LogP) is 10.3. The molecule has 6 nitrogen and oxygen atoms in total. The minimum atomic E-state index is -0.176. The van der Waals surface area contributed by atoms with E-state index in [4.69, 9.17) is 11.6 Å². The summed E-state index contributed by atoms with van der Waals surface area (Å²) in [7, 11) is 0. The van der Waals surface area contributed by atoms with Crippen molar-refractivity contribution in [1.82, 2.24) is 14.7 Å². The van der Waals surface area contributed by atoms with Crippen LogP contribution in [-0.2, 0) is 0 Å². The van der Waals surface area contributed by atoms with Crippen LogP contribution in [0.4, 0.5) is 0 Å². The van der Waals surface area contributed by atoms with Crippen LogP contribution in [0, 0.1) is 0 Å². The summed E-state index contributed by atoms with van der Waals surface area (Å²) in [4.78, 5) is 0. The fourth-order valence-corrected chi connectivity index (χ4v) is 6.85. The fourth-order valence-electron chi connectivity index (χ4n) is 6.85. The Bertz CT molecular complexity index is 2340. The highest BCUT2D eigenvalue weighted by Gasteiger charge is 2.17. The van der Waals surface area contributed by atoms with E-state index < -0.39 is 0 Å². The lowest BCUT2D eigenvalue weighted by Gasteiger charge is -2.15. The van der Waals surface area contributed by atoms with Gasteiger partial charge in [-0.15, -0.1) is 0 Å². The van der Waals surface area contributed by atoms with Gasteiger partial charge in [0.1, 0.15) is 0 Å². The number of rotatable bonds is 8. The van der Waals surface area contributed by atoms with Crippen LogP contribution in [0.1, 0.15) is 45.1 Å². The Morgan fingerprint density at radius 3 is 2.00 bits per heavy atom. The Balaban J connectivity index is 0.000000321. The molecule has 2 heterocycles. The number of aromatic nitrogens is 2. The molecule has 0 fully saturated rings. The van der Waals surface area contributed by atoms with Crippen molar-refractivity contribution < 1.29 is 0 Å². The molecule has 6 heteroatoms. The molecule has 8 rings (SSSR count). The van der Waals surface area contributed by atoms with Crippen LogP contribution in [0.25, 0.3) is 49.3 Å². The summed E-state index contributed by atoms with van der Waals surface area (Å²) in [6.07, 6.45) is 12.1. The zero-order valence-electron chi connectivity index (χ0n) is 29.8. The number of nitrogens with one attached hydrogen (secondary N) is 2. The van der Waals surface area contributed by atoms with Gasteiger partial charge >= 0.3 is 0 Å². The van der Waals surface area contributed by atoms with E-state index >= 15 is 0 Å². The maximum atomic E-state index is 5.61. The Labute approximate surface area is 301 Å². The zero-order valence-corrected chi connectivity index (χ0v) is 29.8. The lowest BCUT2D eigenvalue weighted by Crippen LogP contribution is -2.43. The third-order valence-electron chi connectivity index (χ3n) is 9.50. The van der Waals surface area contributed by atoms with Crippen LogP contribution >= 0.6 is 0 Å². The summed E-state index contributed by atoms with van der Waals surface area (Å²) in [5, 5.41) is 4.97. The van der Waals surface area contributed by atoms with E-state index in [1.807, 2.05) is 32.1 Å². The van der Waals surface area contributed by atoms with Crippen molar-refractivity contribution in [3.05, 3.63) is 175 Å². The largest absolute Gasteiger partial charge is 0.311 e. The van der Waals surface area contributed by atoms with Crippen LogP contribution in [0.3, 0.4) is 0 Å². The van der Waals surface area contributed by atoms with Crippen molar-refractivity contribution in [2.45, 2.75) is 45.7 Å². The topological polar surface area (TPSA) is 86.0 Å². The summed E-state index contributed by atoms with van der Waals surface area (Å²) in [5.41, 5.74) is 21.2. The molecule has 1 aliphatic rings.